The van der Waals surface area contributed by atoms with Crippen molar-refractivity contribution in [2.24, 2.45) is 5.92 Å². The molecule has 39 heavy (non-hydrogen) atoms. The van der Waals surface area contributed by atoms with Gasteiger partial charge in [-0.1, -0.05) is 48.5 Å². The zero-order chi connectivity index (χ0) is 27.2. The lowest BCUT2D eigenvalue weighted by molar-refractivity contribution is -0.119. The Morgan fingerprint density at radius 1 is 0.974 bits per heavy atom. The van der Waals surface area contributed by atoms with Gasteiger partial charge in [-0.3, -0.25) is 4.79 Å². The molecule has 3 aromatic rings. The number of carbonyl (C=O) groups excluding carboxylic acids is 1. The Morgan fingerprint density at radius 2 is 1.77 bits per heavy atom. The topological polar surface area (TPSA) is 29.5 Å². The van der Waals surface area contributed by atoms with Gasteiger partial charge in [0.2, 0.25) is 0 Å². The molecule has 0 spiro atoms. The fraction of sp³-hybridized carbons (Fsp3) is 0.343. The van der Waals surface area contributed by atoms with E-state index in [1.165, 1.54) is 17.2 Å². The molecule has 1 aliphatic carbocycles. The van der Waals surface area contributed by atoms with Crippen LogP contribution in [-0.2, 0) is 17.6 Å². The summed E-state index contributed by atoms with van der Waals surface area (Å²) >= 11 is 0. The number of ketones is 1. The van der Waals surface area contributed by atoms with Crippen molar-refractivity contribution >= 4 is 17.1 Å². The summed E-state index contributed by atoms with van der Waals surface area (Å²) in [5, 5.41) is 0. The number of rotatable bonds is 8. The number of halogens is 1. The van der Waals surface area contributed by atoms with Crippen LogP contribution in [0.5, 0.6) is 5.75 Å². The van der Waals surface area contributed by atoms with Crippen molar-refractivity contribution in [3.8, 4) is 5.75 Å². The maximum absolute atomic E-state index is 13.9. The number of hydrogen-bond acceptors (Lipinski definition) is 3. The van der Waals surface area contributed by atoms with E-state index in [-0.39, 0.29) is 5.82 Å². The van der Waals surface area contributed by atoms with E-state index in [0.717, 1.165) is 73.2 Å². The third-order valence-electron chi connectivity index (χ3n) is 8.21. The van der Waals surface area contributed by atoms with Crippen LogP contribution in [0, 0.1) is 18.7 Å². The summed E-state index contributed by atoms with van der Waals surface area (Å²) in [7, 11) is 1.72. The molecule has 4 heteroatoms. The quantitative estimate of drug-likeness (QED) is 0.282. The molecular formula is C35H38FNO2. The SMILES string of the molecule is COc1ccc2c(c1)CCC(CCC(=O)CN1CCC=C(c3ccc(F)c(C)c3)C=C1c1ccccc1)CC2. The number of aryl methyl sites for hydroxylation is 3. The molecule has 0 amide bonds. The molecule has 2 aliphatic rings. The van der Waals surface area contributed by atoms with Crippen molar-refractivity contribution in [3.05, 3.63) is 113 Å². The maximum atomic E-state index is 13.9. The highest BCUT2D eigenvalue weighted by Crippen LogP contribution is 2.32. The lowest BCUT2D eigenvalue weighted by Gasteiger charge is -2.26. The molecule has 0 radical (unpaired) electrons. The van der Waals surface area contributed by atoms with Gasteiger partial charge in [0.15, 0.2) is 5.78 Å². The van der Waals surface area contributed by atoms with Crippen LogP contribution < -0.4 is 4.74 Å². The first-order valence-electron chi connectivity index (χ1n) is 14.2. The number of nitrogens with zero attached hydrogens (tertiary/aromatic N) is 1. The van der Waals surface area contributed by atoms with Gasteiger partial charge in [-0.15, -0.1) is 0 Å². The van der Waals surface area contributed by atoms with Crippen LogP contribution in [0.25, 0.3) is 11.3 Å². The van der Waals surface area contributed by atoms with E-state index in [9.17, 15) is 9.18 Å². The molecule has 202 valence electrons. The van der Waals surface area contributed by atoms with Gasteiger partial charge in [-0.2, -0.15) is 0 Å². The van der Waals surface area contributed by atoms with Crippen molar-refractivity contribution in [2.45, 2.75) is 51.9 Å². The fourth-order valence-electron chi connectivity index (χ4n) is 5.87. The second kappa shape index (κ2) is 12.5. The van der Waals surface area contributed by atoms with Gasteiger partial charge < -0.3 is 9.64 Å². The van der Waals surface area contributed by atoms with Crippen LogP contribution in [0.2, 0.25) is 0 Å². The number of benzene rings is 3. The minimum absolute atomic E-state index is 0.190. The van der Waals surface area contributed by atoms with Crippen molar-refractivity contribution in [3.63, 3.8) is 0 Å². The summed E-state index contributed by atoms with van der Waals surface area (Å²) in [6.07, 6.45) is 11.1. The van der Waals surface area contributed by atoms with E-state index in [1.54, 1.807) is 14.0 Å². The summed E-state index contributed by atoms with van der Waals surface area (Å²) in [6, 6.07) is 22.0. The minimum atomic E-state index is -0.190. The van der Waals surface area contributed by atoms with Gasteiger partial charge >= 0.3 is 0 Å². The normalized spacial score (nSPS) is 17.4. The molecule has 1 aliphatic heterocycles. The second-order valence-electron chi connectivity index (χ2n) is 10.9. The predicted octanol–water partition coefficient (Wildman–Crippen LogP) is 7.82. The standard InChI is InChI=1S/C35H38FNO2/c1-25-21-30(16-19-34(25)36)29-9-6-20-37(35(23-29)28-7-4-3-5-8-28)24-32(38)17-12-26-10-13-27-15-18-33(39-2)22-31(27)14-11-26/h3-5,7-9,15-16,18-19,21-23,26H,6,10-14,17,20,24H2,1-2H3. The van der Waals surface area contributed by atoms with Gasteiger partial charge in [0.05, 0.1) is 13.7 Å². The number of carbonyl (C=O) groups is 1. The van der Waals surface area contributed by atoms with Gasteiger partial charge in [0.25, 0.3) is 0 Å². The van der Waals surface area contributed by atoms with Crippen molar-refractivity contribution < 1.29 is 13.9 Å². The smallest absolute Gasteiger partial charge is 0.152 e. The summed E-state index contributed by atoms with van der Waals surface area (Å²) < 4.78 is 19.4. The van der Waals surface area contributed by atoms with Crippen LogP contribution in [-0.4, -0.2) is 30.9 Å². The third-order valence-corrected chi connectivity index (χ3v) is 8.21. The first-order chi connectivity index (χ1) is 19.0. The maximum Gasteiger partial charge on any atom is 0.152 e. The van der Waals surface area contributed by atoms with E-state index >= 15 is 0 Å². The molecule has 3 aromatic carbocycles. The molecular weight excluding hydrogens is 485 g/mol. The number of methoxy groups -OCH3 is 1. The van der Waals surface area contributed by atoms with Crippen LogP contribution in [0.4, 0.5) is 4.39 Å². The molecule has 0 aromatic heterocycles. The number of fused-ring (bicyclic) bond motifs is 1. The van der Waals surface area contributed by atoms with Crippen molar-refractivity contribution in [2.75, 3.05) is 20.2 Å². The van der Waals surface area contributed by atoms with Crippen LogP contribution in [0.1, 0.15) is 59.9 Å². The third kappa shape index (κ3) is 6.68. The van der Waals surface area contributed by atoms with Gasteiger partial charge in [0.1, 0.15) is 11.6 Å². The average Bonchev–Trinajstić information content (AvgIpc) is 3.30. The molecule has 3 nitrogen and oxygen atoms in total. The number of ether oxygens (including phenoxy) is 1. The van der Waals surface area contributed by atoms with Crippen LogP contribution in [0.3, 0.4) is 0 Å². The van der Waals surface area contributed by atoms with E-state index in [1.807, 2.05) is 30.3 Å². The highest BCUT2D eigenvalue weighted by molar-refractivity contribution is 5.87. The minimum Gasteiger partial charge on any atom is -0.497 e. The Hall–Kier alpha value is -3.66. The lowest BCUT2D eigenvalue weighted by Crippen LogP contribution is -2.29. The summed E-state index contributed by atoms with van der Waals surface area (Å²) in [5.74, 6) is 1.59. The van der Waals surface area contributed by atoms with E-state index in [0.29, 0.717) is 30.2 Å². The van der Waals surface area contributed by atoms with Crippen LogP contribution in [0.15, 0.2) is 78.9 Å². The van der Waals surface area contributed by atoms with E-state index < -0.39 is 0 Å². The Labute approximate surface area is 232 Å². The fourth-order valence-corrected chi connectivity index (χ4v) is 5.87. The highest BCUT2D eigenvalue weighted by atomic mass is 19.1. The molecule has 0 N–H and O–H groups in total. The van der Waals surface area contributed by atoms with Gasteiger partial charge in [-0.25, -0.2) is 4.39 Å². The first kappa shape index (κ1) is 26.9. The average molecular weight is 524 g/mol. The summed E-state index contributed by atoms with van der Waals surface area (Å²) in [6.45, 7) is 2.98. The van der Waals surface area contributed by atoms with E-state index in [2.05, 4.69) is 47.4 Å². The Bertz CT molecular complexity index is 1370. The first-order valence-corrected chi connectivity index (χ1v) is 14.2. The number of Topliss-reactive ketones (excluding diaryl/α,β-unsaturated/α-hetero) is 1. The lowest BCUT2D eigenvalue weighted by atomic mass is 9.93. The number of allylic oxidation sites excluding steroid dienone is 2. The van der Waals surface area contributed by atoms with E-state index in [4.69, 9.17) is 4.74 Å². The molecule has 1 heterocycles. The second-order valence-corrected chi connectivity index (χ2v) is 10.9. The molecule has 1 unspecified atom stereocenters. The van der Waals surface area contributed by atoms with Gasteiger partial charge in [-0.05, 0) is 115 Å². The zero-order valence-corrected chi connectivity index (χ0v) is 23.1. The Morgan fingerprint density at radius 3 is 2.54 bits per heavy atom. The molecule has 0 fully saturated rings. The molecule has 0 saturated heterocycles. The largest absolute Gasteiger partial charge is 0.497 e. The molecule has 1 atom stereocenters. The highest BCUT2D eigenvalue weighted by Gasteiger charge is 2.21. The Balaban J connectivity index is 1.26. The van der Waals surface area contributed by atoms with Gasteiger partial charge in [0, 0.05) is 18.7 Å². The predicted molar refractivity (Wildman–Crippen MR) is 157 cm³/mol. The zero-order valence-electron chi connectivity index (χ0n) is 23.1. The summed E-state index contributed by atoms with van der Waals surface area (Å²) in [4.78, 5) is 15.5. The molecule has 0 bridgehead atoms. The monoisotopic (exact) mass is 523 g/mol. The molecule has 0 saturated carbocycles. The van der Waals surface area contributed by atoms with Crippen LogP contribution >= 0.6 is 0 Å². The molecule has 5 rings (SSSR count). The van der Waals surface area contributed by atoms with Crippen molar-refractivity contribution in [1.82, 2.24) is 4.90 Å². The summed E-state index contributed by atoms with van der Waals surface area (Å²) in [5.41, 5.74) is 7.67. The van der Waals surface area contributed by atoms with Crippen molar-refractivity contribution in [1.29, 1.82) is 0 Å². The number of hydrogen-bond donors (Lipinski definition) is 0. The Kier molecular flexibility index (Phi) is 8.61.